The van der Waals surface area contributed by atoms with Crippen molar-refractivity contribution in [1.29, 1.82) is 0 Å². The van der Waals surface area contributed by atoms with E-state index in [1.165, 1.54) is 0 Å². The predicted molar refractivity (Wildman–Crippen MR) is 78.2 cm³/mol. The number of fused-ring (bicyclic) bond motifs is 1. The lowest BCUT2D eigenvalue weighted by Gasteiger charge is -2.31. The Hall–Kier alpha value is -1.82. The van der Waals surface area contributed by atoms with E-state index in [1.807, 2.05) is 26.1 Å². The number of nitrogens with two attached hydrogens (primary N) is 2. The maximum absolute atomic E-state index is 5.90. The molecule has 0 spiro atoms. The third kappa shape index (κ3) is 2.96. The molecule has 104 valence electrons. The second kappa shape index (κ2) is 5.88. The van der Waals surface area contributed by atoms with Crippen LogP contribution in [0.2, 0.25) is 0 Å². The molecular weight excluding hydrogens is 240 g/mol. The lowest BCUT2D eigenvalue weighted by atomic mass is 10.1. The van der Waals surface area contributed by atoms with E-state index in [9.17, 15) is 0 Å². The van der Waals surface area contributed by atoms with Crippen LogP contribution in [0.1, 0.15) is 26.7 Å². The highest BCUT2D eigenvalue weighted by Crippen LogP contribution is 2.19. The second-order valence-electron chi connectivity index (χ2n) is 4.48. The molecule has 0 aliphatic carbocycles. The highest BCUT2D eigenvalue weighted by atomic mass is 15.3. The Balaban J connectivity index is 0.000000637. The molecule has 0 bridgehead atoms. The molecule has 6 nitrogen and oxygen atoms in total. The summed E-state index contributed by atoms with van der Waals surface area (Å²) in [6, 6.07) is 4.34. The van der Waals surface area contributed by atoms with Crippen LogP contribution >= 0.6 is 0 Å². The van der Waals surface area contributed by atoms with Gasteiger partial charge in [-0.25, -0.2) is 4.52 Å². The summed E-state index contributed by atoms with van der Waals surface area (Å²) in [6.45, 7) is 5.99. The third-order valence-electron chi connectivity index (χ3n) is 3.24. The molecule has 2 aromatic heterocycles. The summed E-state index contributed by atoms with van der Waals surface area (Å²) in [5.74, 6) is 0.308. The van der Waals surface area contributed by atoms with Crippen molar-refractivity contribution < 1.29 is 0 Å². The molecule has 3 rings (SSSR count). The van der Waals surface area contributed by atoms with Crippen molar-refractivity contribution in [2.75, 3.05) is 23.7 Å². The van der Waals surface area contributed by atoms with Gasteiger partial charge in [-0.1, -0.05) is 13.8 Å². The topological polar surface area (TPSA) is 85.5 Å². The van der Waals surface area contributed by atoms with E-state index >= 15 is 0 Å². The van der Waals surface area contributed by atoms with Gasteiger partial charge in [0.1, 0.15) is 0 Å². The first-order valence-electron chi connectivity index (χ1n) is 6.85. The van der Waals surface area contributed by atoms with E-state index in [1.54, 1.807) is 4.52 Å². The molecule has 1 aliphatic heterocycles. The Bertz CT molecular complexity index is 527. The average molecular weight is 262 g/mol. The van der Waals surface area contributed by atoms with Gasteiger partial charge in [0, 0.05) is 19.1 Å². The molecule has 1 saturated heterocycles. The zero-order valence-corrected chi connectivity index (χ0v) is 11.6. The van der Waals surface area contributed by atoms with Crippen molar-refractivity contribution in [2.24, 2.45) is 5.73 Å². The summed E-state index contributed by atoms with van der Waals surface area (Å²) in [5.41, 5.74) is 13.4. The van der Waals surface area contributed by atoms with E-state index < -0.39 is 0 Å². The Morgan fingerprint density at radius 2 is 1.89 bits per heavy atom. The largest absolute Gasteiger partial charge is 0.370 e. The number of nitrogen functional groups attached to an aromatic ring is 1. The molecule has 0 saturated carbocycles. The van der Waals surface area contributed by atoms with E-state index in [4.69, 9.17) is 11.5 Å². The molecule has 2 aromatic rings. The fourth-order valence-corrected chi connectivity index (χ4v) is 2.23. The zero-order chi connectivity index (χ0) is 13.8. The minimum Gasteiger partial charge on any atom is -0.370 e. The van der Waals surface area contributed by atoms with Gasteiger partial charge in [-0.15, -0.1) is 5.10 Å². The first-order valence-corrected chi connectivity index (χ1v) is 6.85. The van der Waals surface area contributed by atoms with Crippen LogP contribution in [-0.4, -0.2) is 33.7 Å². The Morgan fingerprint density at radius 3 is 2.58 bits per heavy atom. The minimum atomic E-state index is 0.308. The summed E-state index contributed by atoms with van der Waals surface area (Å²) < 4.78 is 1.72. The van der Waals surface area contributed by atoms with Crippen LogP contribution in [0, 0.1) is 0 Å². The molecular formula is C13H22N6. The summed E-state index contributed by atoms with van der Waals surface area (Å²) in [5, 5.41) is 4.12. The SMILES string of the molecule is CC.Nc1nc2ccc(N3CCC(N)CC3)cn2n1. The van der Waals surface area contributed by atoms with Crippen LogP contribution in [0.3, 0.4) is 0 Å². The van der Waals surface area contributed by atoms with Gasteiger partial charge in [-0.2, -0.15) is 4.98 Å². The van der Waals surface area contributed by atoms with Crippen molar-refractivity contribution in [3.05, 3.63) is 18.3 Å². The quantitative estimate of drug-likeness (QED) is 0.808. The zero-order valence-electron chi connectivity index (χ0n) is 11.6. The van der Waals surface area contributed by atoms with Gasteiger partial charge in [0.15, 0.2) is 5.65 Å². The molecule has 0 unspecified atom stereocenters. The normalized spacial score (nSPS) is 16.3. The lowest BCUT2D eigenvalue weighted by molar-refractivity contribution is 0.501. The minimum absolute atomic E-state index is 0.308. The van der Waals surface area contributed by atoms with Gasteiger partial charge in [-0.3, -0.25) is 0 Å². The number of nitrogens with zero attached hydrogens (tertiary/aromatic N) is 4. The third-order valence-corrected chi connectivity index (χ3v) is 3.24. The Labute approximate surface area is 113 Å². The number of anilines is 2. The number of hydrogen-bond acceptors (Lipinski definition) is 5. The smallest absolute Gasteiger partial charge is 0.240 e. The first kappa shape index (κ1) is 13.6. The average Bonchev–Trinajstić information content (AvgIpc) is 2.81. The van der Waals surface area contributed by atoms with E-state index in [2.05, 4.69) is 21.0 Å². The van der Waals surface area contributed by atoms with Crippen LogP contribution < -0.4 is 16.4 Å². The van der Waals surface area contributed by atoms with Crippen molar-refractivity contribution in [2.45, 2.75) is 32.7 Å². The highest BCUT2D eigenvalue weighted by molar-refractivity contribution is 5.52. The number of pyridine rings is 1. The van der Waals surface area contributed by atoms with Crippen molar-refractivity contribution >= 4 is 17.3 Å². The molecule has 0 amide bonds. The fourth-order valence-electron chi connectivity index (χ4n) is 2.23. The maximum Gasteiger partial charge on any atom is 0.240 e. The molecule has 1 aliphatic rings. The maximum atomic E-state index is 5.90. The second-order valence-corrected chi connectivity index (χ2v) is 4.48. The fraction of sp³-hybridized carbons (Fsp3) is 0.538. The number of piperidine rings is 1. The van der Waals surface area contributed by atoms with Gasteiger partial charge in [-0.05, 0) is 25.0 Å². The number of aromatic nitrogens is 3. The first-order chi connectivity index (χ1) is 9.22. The molecule has 3 heterocycles. The Kier molecular flexibility index (Phi) is 4.21. The van der Waals surface area contributed by atoms with Gasteiger partial charge in [0.2, 0.25) is 5.95 Å². The molecule has 4 N–H and O–H groups in total. The van der Waals surface area contributed by atoms with Crippen LogP contribution in [-0.2, 0) is 0 Å². The number of hydrogen-bond donors (Lipinski definition) is 2. The summed E-state index contributed by atoms with van der Waals surface area (Å²) >= 11 is 0. The van der Waals surface area contributed by atoms with E-state index in [-0.39, 0.29) is 0 Å². The van der Waals surface area contributed by atoms with Gasteiger partial charge in [0.05, 0.1) is 11.9 Å². The molecule has 0 radical (unpaired) electrons. The molecule has 0 atom stereocenters. The molecule has 1 fully saturated rings. The lowest BCUT2D eigenvalue weighted by Crippen LogP contribution is -2.39. The van der Waals surface area contributed by atoms with Gasteiger partial charge in [0.25, 0.3) is 0 Å². The highest BCUT2D eigenvalue weighted by Gasteiger charge is 2.16. The van der Waals surface area contributed by atoms with E-state index in [0.717, 1.165) is 37.3 Å². The van der Waals surface area contributed by atoms with E-state index in [0.29, 0.717) is 12.0 Å². The Morgan fingerprint density at radius 1 is 1.21 bits per heavy atom. The van der Waals surface area contributed by atoms with Crippen LogP contribution in [0.15, 0.2) is 18.3 Å². The monoisotopic (exact) mass is 262 g/mol. The van der Waals surface area contributed by atoms with Crippen LogP contribution in [0.4, 0.5) is 11.6 Å². The van der Waals surface area contributed by atoms with Crippen LogP contribution in [0.5, 0.6) is 0 Å². The standard InChI is InChI=1S/C11H16N6.C2H6/c12-8-3-5-16(6-4-8)9-1-2-10-14-11(13)15-17(10)7-9;1-2/h1-2,7-8H,3-6,12H2,(H2,13,15);1-2H3. The van der Waals surface area contributed by atoms with Gasteiger partial charge < -0.3 is 16.4 Å². The summed E-state index contributed by atoms with van der Waals surface area (Å²) in [4.78, 5) is 6.42. The number of rotatable bonds is 1. The summed E-state index contributed by atoms with van der Waals surface area (Å²) in [7, 11) is 0. The molecule has 6 heteroatoms. The molecule has 19 heavy (non-hydrogen) atoms. The predicted octanol–water partition coefficient (Wildman–Crippen LogP) is 1.27. The summed E-state index contributed by atoms with van der Waals surface area (Å²) in [6.07, 6.45) is 4.05. The van der Waals surface area contributed by atoms with Crippen LogP contribution in [0.25, 0.3) is 5.65 Å². The van der Waals surface area contributed by atoms with Crippen molar-refractivity contribution in [1.82, 2.24) is 14.6 Å². The van der Waals surface area contributed by atoms with Crippen molar-refractivity contribution in [3.63, 3.8) is 0 Å². The van der Waals surface area contributed by atoms with Crippen molar-refractivity contribution in [3.8, 4) is 0 Å². The molecule has 0 aromatic carbocycles. The van der Waals surface area contributed by atoms with Gasteiger partial charge >= 0.3 is 0 Å².